The van der Waals surface area contributed by atoms with Gasteiger partial charge in [-0.05, 0) is 23.1 Å². The Hall–Kier alpha value is -2.31. The van der Waals surface area contributed by atoms with Gasteiger partial charge in [0.2, 0.25) is 5.13 Å². The van der Waals surface area contributed by atoms with Crippen LogP contribution >= 0.6 is 22.7 Å². The van der Waals surface area contributed by atoms with E-state index in [1.807, 2.05) is 53.9 Å². The van der Waals surface area contributed by atoms with Gasteiger partial charge >= 0.3 is 0 Å². The maximum absolute atomic E-state index is 11.9. The summed E-state index contributed by atoms with van der Waals surface area (Å²) in [6.45, 7) is 0. The number of rotatable bonds is 4. The van der Waals surface area contributed by atoms with Gasteiger partial charge in [-0.3, -0.25) is 10.1 Å². The van der Waals surface area contributed by atoms with Crippen LogP contribution in [0.4, 0.5) is 5.13 Å². The highest BCUT2D eigenvalue weighted by Crippen LogP contribution is 2.19. The van der Waals surface area contributed by atoms with Crippen LogP contribution in [0.2, 0.25) is 0 Å². The third-order valence-corrected chi connectivity index (χ3v) is 4.30. The van der Waals surface area contributed by atoms with Crippen LogP contribution in [0.5, 0.6) is 0 Å². The number of aromatic nitrogens is 2. The minimum Gasteiger partial charge on any atom is -0.296 e. The second-order valence-corrected chi connectivity index (χ2v) is 6.08. The molecule has 1 amide bonds. The topological polar surface area (TPSA) is 54.9 Å². The zero-order valence-corrected chi connectivity index (χ0v) is 12.5. The van der Waals surface area contributed by atoms with Crippen molar-refractivity contribution < 1.29 is 4.79 Å². The first kappa shape index (κ1) is 13.7. The number of amides is 1. The average Bonchev–Trinajstić information content (AvgIpc) is 3.18. The Kier molecular flexibility index (Phi) is 4.18. The van der Waals surface area contributed by atoms with Crippen molar-refractivity contribution in [3.8, 4) is 0 Å². The molecule has 0 atom stereocenters. The SMILES string of the molecule is O=C(Nc1nnc(/C=C/c2ccccc2)s1)c1cccs1. The Morgan fingerprint density at radius 2 is 1.90 bits per heavy atom. The molecule has 0 aliphatic rings. The molecule has 1 aromatic carbocycles. The molecule has 3 aromatic rings. The molecule has 3 rings (SSSR count). The molecule has 1 N–H and O–H groups in total. The normalized spacial score (nSPS) is 10.9. The number of carbonyl (C=O) groups is 1. The Labute approximate surface area is 129 Å². The minimum atomic E-state index is -0.153. The molecular formula is C15H11N3OS2. The average molecular weight is 313 g/mol. The van der Waals surface area contributed by atoms with Crippen LogP contribution in [0.15, 0.2) is 47.8 Å². The lowest BCUT2D eigenvalue weighted by molar-refractivity contribution is 0.103. The second kappa shape index (κ2) is 6.43. The molecular weight excluding hydrogens is 302 g/mol. The lowest BCUT2D eigenvalue weighted by Crippen LogP contribution is -2.09. The molecule has 0 saturated carbocycles. The largest absolute Gasteiger partial charge is 0.296 e. The molecule has 4 nitrogen and oxygen atoms in total. The van der Waals surface area contributed by atoms with E-state index in [2.05, 4.69) is 15.5 Å². The van der Waals surface area contributed by atoms with E-state index in [9.17, 15) is 4.79 Å². The third-order valence-electron chi connectivity index (χ3n) is 2.62. The summed E-state index contributed by atoms with van der Waals surface area (Å²) in [7, 11) is 0. The van der Waals surface area contributed by atoms with Gasteiger partial charge in [0.15, 0.2) is 0 Å². The summed E-state index contributed by atoms with van der Waals surface area (Å²) in [6.07, 6.45) is 3.85. The van der Waals surface area contributed by atoms with E-state index in [4.69, 9.17) is 0 Å². The zero-order valence-electron chi connectivity index (χ0n) is 10.9. The smallest absolute Gasteiger partial charge is 0.267 e. The van der Waals surface area contributed by atoms with Crippen LogP contribution in [0.3, 0.4) is 0 Å². The molecule has 0 aliphatic heterocycles. The van der Waals surface area contributed by atoms with Crippen molar-refractivity contribution in [3.63, 3.8) is 0 Å². The van der Waals surface area contributed by atoms with E-state index in [1.54, 1.807) is 6.07 Å². The van der Waals surface area contributed by atoms with E-state index in [0.717, 1.165) is 10.6 Å². The van der Waals surface area contributed by atoms with Crippen LogP contribution in [0.1, 0.15) is 20.2 Å². The van der Waals surface area contributed by atoms with Crippen molar-refractivity contribution in [1.82, 2.24) is 10.2 Å². The zero-order chi connectivity index (χ0) is 14.5. The first-order valence-corrected chi connectivity index (χ1v) is 7.92. The van der Waals surface area contributed by atoms with Crippen LogP contribution in [0, 0.1) is 0 Å². The van der Waals surface area contributed by atoms with Crippen molar-refractivity contribution in [1.29, 1.82) is 0 Å². The van der Waals surface area contributed by atoms with E-state index < -0.39 is 0 Å². The number of hydrogen-bond acceptors (Lipinski definition) is 5. The third kappa shape index (κ3) is 3.62. The van der Waals surface area contributed by atoms with Crippen LogP contribution in [-0.4, -0.2) is 16.1 Å². The summed E-state index contributed by atoms with van der Waals surface area (Å²) in [6, 6.07) is 13.6. The van der Waals surface area contributed by atoms with Gasteiger partial charge in [-0.15, -0.1) is 21.5 Å². The first-order chi connectivity index (χ1) is 10.3. The molecule has 0 radical (unpaired) electrons. The quantitative estimate of drug-likeness (QED) is 0.791. The molecule has 0 bridgehead atoms. The van der Waals surface area contributed by atoms with Crippen molar-refractivity contribution >= 4 is 45.9 Å². The van der Waals surface area contributed by atoms with Gasteiger partial charge in [-0.25, -0.2) is 0 Å². The van der Waals surface area contributed by atoms with E-state index >= 15 is 0 Å². The van der Waals surface area contributed by atoms with Gasteiger partial charge in [-0.1, -0.05) is 53.8 Å². The monoisotopic (exact) mass is 313 g/mol. The summed E-state index contributed by atoms with van der Waals surface area (Å²) in [5.41, 5.74) is 1.09. The summed E-state index contributed by atoms with van der Waals surface area (Å²) in [5, 5.41) is 13.9. The predicted octanol–water partition coefficient (Wildman–Crippen LogP) is 4.02. The fourth-order valence-electron chi connectivity index (χ4n) is 1.65. The molecule has 104 valence electrons. The number of carbonyl (C=O) groups excluding carboxylic acids is 1. The van der Waals surface area contributed by atoms with E-state index in [-0.39, 0.29) is 5.91 Å². The van der Waals surface area contributed by atoms with E-state index in [1.165, 1.54) is 22.7 Å². The lowest BCUT2D eigenvalue weighted by atomic mass is 10.2. The lowest BCUT2D eigenvalue weighted by Gasteiger charge is -1.95. The van der Waals surface area contributed by atoms with Crippen molar-refractivity contribution in [2.24, 2.45) is 0 Å². The molecule has 0 saturated heterocycles. The summed E-state index contributed by atoms with van der Waals surface area (Å²) in [4.78, 5) is 12.5. The van der Waals surface area contributed by atoms with Gasteiger partial charge in [-0.2, -0.15) is 0 Å². The van der Waals surface area contributed by atoms with Gasteiger partial charge in [0, 0.05) is 0 Å². The van der Waals surface area contributed by atoms with Crippen molar-refractivity contribution in [2.45, 2.75) is 0 Å². The molecule has 0 aliphatic carbocycles. The van der Waals surface area contributed by atoms with Gasteiger partial charge in [0.05, 0.1) is 4.88 Å². The Morgan fingerprint density at radius 3 is 2.67 bits per heavy atom. The number of thiophene rings is 1. The molecule has 2 heterocycles. The molecule has 0 fully saturated rings. The number of nitrogens with one attached hydrogen (secondary N) is 1. The highest BCUT2D eigenvalue weighted by molar-refractivity contribution is 7.16. The standard InChI is InChI=1S/C15H11N3OS2/c19-14(12-7-4-10-20-12)16-15-18-17-13(21-15)9-8-11-5-2-1-3-6-11/h1-10H,(H,16,18,19)/b9-8+. The maximum atomic E-state index is 11.9. The molecule has 0 spiro atoms. The molecule has 6 heteroatoms. The molecule has 2 aromatic heterocycles. The van der Waals surface area contributed by atoms with E-state index in [0.29, 0.717) is 10.0 Å². The summed E-state index contributed by atoms with van der Waals surface area (Å²) >= 11 is 2.74. The second-order valence-electron chi connectivity index (χ2n) is 4.12. The minimum absolute atomic E-state index is 0.153. The summed E-state index contributed by atoms with van der Waals surface area (Å²) in [5.74, 6) is -0.153. The van der Waals surface area contributed by atoms with Crippen LogP contribution < -0.4 is 5.32 Å². The Balaban J connectivity index is 1.66. The highest BCUT2D eigenvalue weighted by atomic mass is 32.1. The number of hydrogen-bond donors (Lipinski definition) is 1. The Morgan fingerprint density at radius 1 is 1.05 bits per heavy atom. The van der Waals surface area contributed by atoms with Crippen LogP contribution in [0.25, 0.3) is 12.2 Å². The maximum Gasteiger partial charge on any atom is 0.267 e. The van der Waals surface area contributed by atoms with Crippen LogP contribution in [-0.2, 0) is 0 Å². The predicted molar refractivity (Wildman–Crippen MR) is 87.6 cm³/mol. The van der Waals surface area contributed by atoms with Gasteiger partial charge in [0.1, 0.15) is 5.01 Å². The van der Waals surface area contributed by atoms with Gasteiger partial charge in [0.25, 0.3) is 5.91 Å². The van der Waals surface area contributed by atoms with Crippen molar-refractivity contribution in [3.05, 3.63) is 63.3 Å². The number of nitrogens with zero attached hydrogens (tertiary/aromatic N) is 2. The van der Waals surface area contributed by atoms with Gasteiger partial charge < -0.3 is 0 Å². The fraction of sp³-hybridized carbons (Fsp3) is 0. The first-order valence-electron chi connectivity index (χ1n) is 6.23. The summed E-state index contributed by atoms with van der Waals surface area (Å²) < 4.78 is 0. The molecule has 21 heavy (non-hydrogen) atoms. The number of anilines is 1. The Bertz CT molecular complexity index is 748. The fourth-order valence-corrected chi connectivity index (χ4v) is 2.91. The molecule has 0 unspecified atom stereocenters. The highest BCUT2D eigenvalue weighted by Gasteiger charge is 2.09. The van der Waals surface area contributed by atoms with Crippen molar-refractivity contribution in [2.75, 3.05) is 5.32 Å². The number of benzene rings is 1.